The van der Waals surface area contributed by atoms with Crippen LogP contribution in [-0.4, -0.2) is 15.0 Å². The highest BCUT2D eigenvalue weighted by molar-refractivity contribution is 6.01. The van der Waals surface area contributed by atoms with Gasteiger partial charge in [-0.3, -0.25) is 0 Å². The van der Waals surface area contributed by atoms with E-state index >= 15 is 0 Å². The first-order valence-electron chi connectivity index (χ1n) is 5.20. The van der Waals surface area contributed by atoms with E-state index in [0.717, 1.165) is 17.2 Å². The molecule has 76 valence electrons. The van der Waals surface area contributed by atoms with Crippen molar-refractivity contribution in [2.24, 2.45) is 0 Å². The molecule has 0 unspecified atom stereocenters. The third-order valence-corrected chi connectivity index (χ3v) is 3.02. The highest BCUT2D eigenvalue weighted by atomic mass is 15.1. The SMILES string of the molecule is c1cnc2c(c1)-c1c(ncc3[nH]ccc13)[NH2+]2. The summed E-state index contributed by atoms with van der Waals surface area (Å²) in [4.78, 5) is 12.0. The van der Waals surface area contributed by atoms with Gasteiger partial charge in [-0.15, -0.1) is 0 Å². The van der Waals surface area contributed by atoms with Gasteiger partial charge in [0.15, 0.2) is 0 Å². The average molecular weight is 209 g/mol. The molecule has 1 aliphatic rings. The topological polar surface area (TPSA) is 58.2 Å². The first kappa shape index (κ1) is 8.01. The summed E-state index contributed by atoms with van der Waals surface area (Å²) in [6.45, 7) is 0. The molecule has 4 rings (SSSR count). The number of fused-ring (bicyclic) bond motifs is 5. The highest BCUT2D eigenvalue weighted by Gasteiger charge is 2.27. The predicted molar refractivity (Wildman–Crippen MR) is 60.6 cm³/mol. The van der Waals surface area contributed by atoms with Gasteiger partial charge in [0.1, 0.15) is 0 Å². The highest BCUT2D eigenvalue weighted by Crippen LogP contribution is 2.37. The summed E-state index contributed by atoms with van der Waals surface area (Å²) in [7, 11) is 0. The summed E-state index contributed by atoms with van der Waals surface area (Å²) in [6.07, 6.45) is 5.63. The minimum Gasteiger partial charge on any atom is -0.360 e. The van der Waals surface area contributed by atoms with E-state index in [-0.39, 0.29) is 0 Å². The molecule has 4 nitrogen and oxygen atoms in total. The van der Waals surface area contributed by atoms with Crippen LogP contribution in [0.15, 0.2) is 36.8 Å². The zero-order valence-corrected chi connectivity index (χ0v) is 8.44. The van der Waals surface area contributed by atoms with Gasteiger partial charge >= 0.3 is 0 Å². The standard InChI is InChI=1S/C12H8N4/c1-2-8-10-7-3-5-13-9(7)6-15-12(10)16-11(8)14-4-1/h1-6,13H,(H,14,15,16)/p+1. The van der Waals surface area contributed by atoms with Crippen molar-refractivity contribution in [1.29, 1.82) is 0 Å². The summed E-state index contributed by atoms with van der Waals surface area (Å²) in [6, 6.07) is 6.15. The third kappa shape index (κ3) is 0.869. The van der Waals surface area contributed by atoms with Crippen molar-refractivity contribution in [3.63, 3.8) is 0 Å². The van der Waals surface area contributed by atoms with Gasteiger partial charge in [0, 0.05) is 17.8 Å². The van der Waals surface area contributed by atoms with E-state index < -0.39 is 0 Å². The predicted octanol–water partition coefficient (Wildman–Crippen LogP) is 1.46. The maximum absolute atomic E-state index is 4.45. The lowest BCUT2D eigenvalue weighted by atomic mass is 10.1. The molecule has 16 heavy (non-hydrogen) atoms. The number of nitrogens with two attached hydrogens (primary N) is 1. The molecule has 0 saturated carbocycles. The van der Waals surface area contributed by atoms with Crippen molar-refractivity contribution in [2.45, 2.75) is 0 Å². The van der Waals surface area contributed by atoms with Crippen LogP contribution in [0.1, 0.15) is 0 Å². The largest absolute Gasteiger partial charge is 0.360 e. The Balaban J connectivity index is 2.18. The Hall–Kier alpha value is -2.20. The van der Waals surface area contributed by atoms with E-state index in [9.17, 15) is 0 Å². The summed E-state index contributed by atoms with van der Waals surface area (Å²) in [5.74, 6) is 2.03. The van der Waals surface area contributed by atoms with E-state index in [4.69, 9.17) is 0 Å². The molecule has 0 radical (unpaired) electrons. The summed E-state index contributed by atoms with van der Waals surface area (Å²) in [5.41, 5.74) is 3.45. The van der Waals surface area contributed by atoms with Crippen LogP contribution in [-0.2, 0) is 0 Å². The van der Waals surface area contributed by atoms with Crippen LogP contribution < -0.4 is 5.32 Å². The molecule has 0 atom stereocenters. The fourth-order valence-electron chi connectivity index (χ4n) is 2.31. The van der Waals surface area contributed by atoms with Gasteiger partial charge in [-0.1, -0.05) is 0 Å². The van der Waals surface area contributed by atoms with Crippen LogP contribution in [0.3, 0.4) is 0 Å². The Morgan fingerprint density at radius 3 is 3.12 bits per heavy atom. The number of nitrogens with one attached hydrogen (secondary N) is 1. The number of nitrogens with zero attached hydrogens (tertiary/aromatic N) is 2. The lowest BCUT2D eigenvalue weighted by Gasteiger charge is -1.96. The Kier molecular flexibility index (Phi) is 1.34. The van der Waals surface area contributed by atoms with Gasteiger partial charge in [0.05, 0.1) is 22.8 Å². The van der Waals surface area contributed by atoms with E-state index in [2.05, 4.69) is 27.1 Å². The maximum atomic E-state index is 4.45. The second kappa shape index (κ2) is 2.68. The number of quaternary nitrogens is 1. The van der Waals surface area contributed by atoms with E-state index in [1.165, 1.54) is 16.5 Å². The number of aromatic amines is 1. The molecular weight excluding hydrogens is 200 g/mol. The van der Waals surface area contributed by atoms with Crippen molar-refractivity contribution in [3.8, 4) is 11.1 Å². The maximum Gasteiger partial charge on any atom is 0.239 e. The van der Waals surface area contributed by atoms with Gasteiger partial charge in [-0.25, -0.2) is 15.3 Å². The molecule has 4 heterocycles. The van der Waals surface area contributed by atoms with E-state index in [1.807, 2.05) is 30.0 Å². The van der Waals surface area contributed by atoms with Crippen molar-refractivity contribution in [3.05, 3.63) is 36.8 Å². The van der Waals surface area contributed by atoms with Crippen molar-refractivity contribution < 1.29 is 5.32 Å². The molecule has 0 amide bonds. The number of rotatable bonds is 0. The fraction of sp³-hybridized carbons (Fsp3) is 0. The van der Waals surface area contributed by atoms with Crippen molar-refractivity contribution >= 4 is 22.5 Å². The molecule has 0 saturated heterocycles. The number of hydrogen-bond acceptors (Lipinski definition) is 2. The van der Waals surface area contributed by atoms with Gasteiger partial charge in [-0.05, 0) is 18.2 Å². The number of pyridine rings is 2. The number of hydrogen-bond donors (Lipinski definition) is 2. The molecule has 4 heteroatoms. The molecule has 0 fully saturated rings. The molecule has 1 aliphatic heterocycles. The first-order valence-corrected chi connectivity index (χ1v) is 5.20. The summed E-state index contributed by atoms with van der Waals surface area (Å²) < 4.78 is 0. The molecule has 0 spiro atoms. The first-order chi connectivity index (χ1) is 7.93. The van der Waals surface area contributed by atoms with Crippen LogP contribution in [0, 0.1) is 0 Å². The Morgan fingerprint density at radius 2 is 2.12 bits per heavy atom. The lowest BCUT2D eigenvalue weighted by molar-refractivity contribution is -0.481. The molecule has 0 aliphatic carbocycles. The molecule has 0 aromatic carbocycles. The molecular formula is C12H9N4+. The molecule has 3 aromatic heterocycles. The Labute approximate surface area is 91.4 Å². The number of aromatic nitrogens is 3. The summed E-state index contributed by atoms with van der Waals surface area (Å²) in [5, 5.41) is 3.25. The summed E-state index contributed by atoms with van der Waals surface area (Å²) >= 11 is 0. The Morgan fingerprint density at radius 1 is 1.12 bits per heavy atom. The Bertz CT molecular complexity index is 699. The van der Waals surface area contributed by atoms with E-state index in [1.54, 1.807) is 0 Å². The van der Waals surface area contributed by atoms with Crippen LogP contribution in [0.5, 0.6) is 0 Å². The number of H-pyrrole nitrogens is 1. The van der Waals surface area contributed by atoms with Crippen LogP contribution >= 0.6 is 0 Å². The molecule has 3 aromatic rings. The zero-order chi connectivity index (χ0) is 10.5. The minimum atomic E-state index is 1.01. The third-order valence-electron chi connectivity index (χ3n) is 3.02. The molecule has 0 bridgehead atoms. The quantitative estimate of drug-likeness (QED) is 0.460. The lowest BCUT2D eigenvalue weighted by Crippen LogP contribution is -2.70. The van der Waals surface area contributed by atoms with Crippen LogP contribution in [0.2, 0.25) is 0 Å². The van der Waals surface area contributed by atoms with Crippen molar-refractivity contribution in [1.82, 2.24) is 15.0 Å². The van der Waals surface area contributed by atoms with Gasteiger partial charge in [0.2, 0.25) is 11.6 Å². The van der Waals surface area contributed by atoms with Gasteiger partial charge in [0.25, 0.3) is 0 Å². The van der Waals surface area contributed by atoms with Crippen LogP contribution in [0.25, 0.3) is 22.0 Å². The van der Waals surface area contributed by atoms with Gasteiger partial charge in [-0.2, -0.15) is 0 Å². The van der Waals surface area contributed by atoms with E-state index in [0.29, 0.717) is 0 Å². The normalized spacial score (nSPS) is 12.8. The smallest absolute Gasteiger partial charge is 0.239 e. The monoisotopic (exact) mass is 209 g/mol. The second-order valence-corrected chi connectivity index (χ2v) is 3.90. The average Bonchev–Trinajstić information content (AvgIpc) is 2.91. The minimum absolute atomic E-state index is 1.01. The van der Waals surface area contributed by atoms with Crippen molar-refractivity contribution in [2.75, 3.05) is 0 Å². The fourth-order valence-corrected chi connectivity index (χ4v) is 2.31. The second-order valence-electron chi connectivity index (χ2n) is 3.90. The zero-order valence-electron chi connectivity index (χ0n) is 8.44. The van der Waals surface area contributed by atoms with Gasteiger partial charge < -0.3 is 4.98 Å². The molecule has 3 N–H and O–H groups in total. The van der Waals surface area contributed by atoms with Crippen LogP contribution in [0.4, 0.5) is 11.6 Å².